The Labute approximate surface area is 111 Å². The number of benzene rings is 1. The second kappa shape index (κ2) is 6.47. The molecule has 0 bridgehead atoms. The lowest BCUT2D eigenvalue weighted by atomic mass is 10.2. The number of aryl methyl sites for hydroxylation is 1. The van der Waals surface area contributed by atoms with E-state index >= 15 is 0 Å². The predicted octanol–water partition coefficient (Wildman–Crippen LogP) is 2.19. The lowest BCUT2D eigenvalue weighted by Crippen LogP contribution is -2.04. The molecule has 1 N–H and O–H groups in total. The fourth-order valence-electron chi connectivity index (χ4n) is 1.57. The fourth-order valence-corrected chi connectivity index (χ4v) is 2.41. The third kappa shape index (κ3) is 3.78. The Morgan fingerprint density at radius 1 is 1.28 bits per heavy atom. The Bertz CT molecular complexity index is 498. The zero-order valence-electron chi connectivity index (χ0n) is 10.6. The van der Waals surface area contributed by atoms with Crippen molar-refractivity contribution in [2.45, 2.75) is 19.9 Å². The largest absolute Gasteiger partial charge is 0.493 e. The summed E-state index contributed by atoms with van der Waals surface area (Å²) in [6.45, 7) is 3.47. The minimum absolute atomic E-state index is 0.637. The summed E-state index contributed by atoms with van der Waals surface area (Å²) in [5, 5.41) is 13.3. The summed E-state index contributed by atoms with van der Waals surface area (Å²) in [5.74, 6) is 0.912. The second-order valence-corrected chi connectivity index (χ2v) is 5.18. The first-order chi connectivity index (χ1) is 8.78. The smallest absolute Gasteiger partial charge is 0.131 e. The molecule has 1 aromatic carbocycles. The Morgan fingerprint density at radius 2 is 2.11 bits per heavy atom. The topological polar surface area (TPSA) is 47.0 Å². The monoisotopic (exact) mass is 263 g/mol. The van der Waals surface area contributed by atoms with Gasteiger partial charge >= 0.3 is 0 Å². The maximum Gasteiger partial charge on any atom is 0.131 e. The molecule has 0 spiro atoms. The van der Waals surface area contributed by atoms with E-state index in [0.717, 1.165) is 28.7 Å². The van der Waals surface area contributed by atoms with Crippen LogP contribution in [0.1, 0.15) is 15.6 Å². The van der Waals surface area contributed by atoms with Crippen LogP contribution in [0.2, 0.25) is 0 Å². The van der Waals surface area contributed by atoms with Crippen LogP contribution in [-0.4, -0.2) is 23.9 Å². The third-order valence-electron chi connectivity index (χ3n) is 2.41. The molecular weight excluding hydrogens is 246 g/mol. The van der Waals surface area contributed by atoms with E-state index in [1.807, 2.05) is 25.2 Å². The van der Waals surface area contributed by atoms with Crippen molar-refractivity contribution in [2.75, 3.05) is 13.7 Å². The van der Waals surface area contributed by atoms with Gasteiger partial charge in [0.15, 0.2) is 0 Å². The van der Waals surface area contributed by atoms with Gasteiger partial charge in [-0.1, -0.05) is 12.1 Å². The van der Waals surface area contributed by atoms with Gasteiger partial charge in [0.25, 0.3) is 0 Å². The van der Waals surface area contributed by atoms with Gasteiger partial charge in [0.2, 0.25) is 0 Å². The van der Waals surface area contributed by atoms with E-state index in [1.54, 1.807) is 11.3 Å². The van der Waals surface area contributed by atoms with Crippen LogP contribution in [0.5, 0.6) is 5.75 Å². The summed E-state index contributed by atoms with van der Waals surface area (Å²) in [4.78, 5) is 0. The summed E-state index contributed by atoms with van der Waals surface area (Å²) in [5.41, 5.74) is 1.21. The van der Waals surface area contributed by atoms with Crippen LogP contribution in [0.25, 0.3) is 0 Å². The molecule has 2 rings (SSSR count). The number of hydrogen-bond donors (Lipinski definition) is 1. The summed E-state index contributed by atoms with van der Waals surface area (Å²) < 4.78 is 5.68. The number of nitrogens with one attached hydrogen (secondary N) is 1. The molecule has 5 heteroatoms. The molecule has 0 atom stereocenters. The summed E-state index contributed by atoms with van der Waals surface area (Å²) >= 11 is 1.63. The molecule has 1 aromatic heterocycles. The summed E-state index contributed by atoms with van der Waals surface area (Å²) in [6, 6.07) is 8.06. The molecule has 96 valence electrons. The number of rotatable bonds is 6. The van der Waals surface area contributed by atoms with Crippen LogP contribution in [-0.2, 0) is 13.0 Å². The van der Waals surface area contributed by atoms with Gasteiger partial charge in [-0.25, -0.2) is 0 Å². The SMILES string of the molecule is CNCc1nnc(CCOc2cccc(C)c2)s1. The van der Waals surface area contributed by atoms with Crippen molar-refractivity contribution in [1.29, 1.82) is 0 Å². The molecule has 0 saturated carbocycles. The average molecular weight is 263 g/mol. The minimum Gasteiger partial charge on any atom is -0.493 e. The molecule has 0 amide bonds. The Balaban J connectivity index is 1.81. The average Bonchev–Trinajstić information content (AvgIpc) is 2.78. The van der Waals surface area contributed by atoms with E-state index in [-0.39, 0.29) is 0 Å². The minimum atomic E-state index is 0.637. The highest BCUT2D eigenvalue weighted by Gasteiger charge is 2.03. The molecule has 4 nitrogen and oxygen atoms in total. The molecule has 0 unspecified atom stereocenters. The zero-order valence-corrected chi connectivity index (χ0v) is 11.5. The third-order valence-corrected chi connectivity index (χ3v) is 3.39. The maximum atomic E-state index is 5.68. The molecule has 0 aliphatic heterocycles. The molecule has 18 heavy (non-hydrogen) atoms. The first-order valence-corrected chi connectivity index (χ1v) is 6.75. The molecule has 0 aliphatic carbocycles. The van der Waals surface area contributed by atoms with Crippen LogP contribution in [0.15, 0.2) is 24.3 Å². The van der Waals surface area contributed by atoms with Gasteiger partial charge in [0, 0.05) is 13.0 Å². The molecular formula is C13H17N3OS. The van der Waals surface area contributed by atoms with Gasteiger partial charge in [-0.15, -0.1) is 21.5 Å². The molecule has 2 aromatic rings. The van der Waals surface area contributed by atoms with Crippen molar-refractivity contribution in [3.8, 4) is 5.75 Å². The molecule has 1 heterocycles. The molecule has 0 fully saturated rings. The van der Waals surface area contributed by atoms with Gasteiger partial charge in [-0.3, -0.25) is 0 Å². The van der Waals surface area contributed by atoms with Gasteiger partial charge in [0.05, 0.1) is 6.61 Å². The first kappa shape index (κ1) is 13.0. The quantitative estimate of drug-likeness (QED) is 0.868. The fraction of sp³-hybridized carbons (Fsp3) is 0.385. The first-order valence-electron chi connectivity index (χ1n) is 5.93. The zero-order chi connectivity index (χ0) is 12.8. The Kier molecular flexibility index (Phi) is 4.66. The van der Waals surface area contributed by atoms with E-state index in [2.05, 4.69) is 28.5 Å². The second-order valence-electron chi connectivity index (χ2n) is 4.03. The standard InChI is InChI=1S/C13H17N3OS/c1-10-4-3-5-11(8-10)17-7-6-12-15-16-13(18-12)9-14-2/h3-5,8,14H,6-7,9H2,1-2H3. The Hall–Kier alpha value is -1.46. The lowest BCUT2D eigenvalue weighted by molar-refractivity contribution is 0.321. The van der Waals surface area contributed by atoms with Crippen molar-refractivity contribution in [2.24, 2.45) is 0 Å². The van der Waals surface area contributed by atoms with Crippen LogP contribution < -0.4 is 10.1 Å². The number of ether oxygens (including phenoxy) is 1. The van der Waals surface area contributed by atoms with Crippen molar-refractivity contribution in [3.05, 3.63) is 39.8 Å². The molecule has 0 aliphatic rings. The van der Waals surface area contributed by atoms with Crippen molar-refractivity contribution < 1.29 is 4.74 Å². The van der Waals surface area contributed by atoms with E-state index in [1.165, 1.54) is 5.56 Å². The van der Waals surface area contributed by atoms with Crippen LogP contribution in [0.4, 0.5) is 0 Å². The summed E-state index contributed by atoms with van der Waals surface area (Å²) in [6.07, 6.45) is 0.801. The predicted molar refractivity (Wildman–Crippen MR) is 73.1 cm³/mol. The highest BCUT2D eigenvalue weighted by Crippen LogP contribution is 2.14. The summed E-state index contributed by atoms with van der Waals surface area (Å²) in [7, 11) is 1.90. The lowest BCUT2D eigenvalue weighted by Gasteiger charge is -2.04. The van der Waals surface area contributed by atoms with E-state index in [0.29, 0.717) is 6.61 Å². The highest BCUT2D eigenvalue weighted by atomic mass is 32.1. The van der Waals surface area contributed by atoms with Crippen molar-refractivity contribution in [1.82, 2.24) is 15.5 Å². The van der Waals surface area contributed by atoms with Crippen LogP contribution >= 0.6 is 11.3 Å². The Morgan fingerprint density at radius 3 is 2.89 bits per heavy atom. The number of nitrogens with zero attached hydrogens (tertiary/aromatic N) is 2. The van der Waals surface area contributed by atoms with E-state index in [4.69, 9.17) is 4.74 Å². The number of hydrogen-bond acceptors (Lipinski definition) is 5. The van der Waals surface area contributed by atoms with E-state index < -0.39 is 0 Å². The highest BCUT2D eigenvalue weighted by molar-refractivity contribution is 7.11. The normalized spacial score (nSPS) is 10.6. The van der Waals surface area contributed by atoms with Gasteiger partial charge in [0.1, 0.15) is 15.8 Å². The van der Waals surface area contributed by atoms with Crippen LogP contribution in [0, 0.1) is 6.92 Å². The van der Waals surface area contributed by atoms with Crippen LogP contribution in [0.3, 0.4) is 0 Å². The number of aromatic nitrogens is 2. The molecule has 0 radical (unpaired) electrons. The molecule has 0 saturated heterocycles. The van der Waals surface area contributed by atoms with Gasteiger partial charge in [-0.05, 0) is 31.7 Å². The maximum absolute atomic E-state index is 5.68. The van der Waals surface area contributed by atoms with Gasteiger partial charge < -0.3 is 10.1 Å². The van der Waals surface area contributed by atoms with E-state index in [9.17, 15) is 0 Å². The van der Waals surface area contributed by atoms with Crippen molar-refractivity contribution >= 4 is 11.3 Å². The van der Waals surface area contributed by atoms with Gasteiger partial charge in [-0.2, -0.15) is 0 Å². The van der Waals surface area contributed by atoms with Crippen molar-refractivity contribution in [3.63, 3.8) is 0 Å².